The van der Waals surface area contributed by atoms with E-state index in [1.807, 2.05) is 27.4 Å². The predicted octanol–water partition coefficient (Wildman–Crippen LogP) is 3.92. The van der Waals surface area contributed by atoms with E-state index in [1.54, 1.807) is 62.2 Å². The minimum Gasteiger partial charge on any atom is -0.493 e. The van der Waals surface area contributed by atoms with Gasteiger partial charge in [0, 0.05) is 24.4 Å². The normalized spacial score (nSPS) is 11.2. The summed E-state index contributed by atoms with van der Waals surface area (Å²) < 4.78 is 17.8. The van der Waals surface area contributed by atoms with Crippen molar-refractivity contribution in [1.82, 2.24) is 19.9 Å². The van der Waals surface area contributed by atoms with Crippen LogP contribution < -0.4 is 19.5 Å². The molecule has 1 N–H and O–H groups in total. The van der Waals surface area contributed by atoms with Gasteiger partial charge in [0.2, 0.25) is 16.6 Å². The van der Waals surface area contributed by atoms with E-state index in [4.69, 9.17) is 14.2 Å². The molecule has 10 heteroatoms. The standard InChI is InChI=1S/C22H22N4O4S2/c1-28-16-11-14(12-17(29-2)20(16)30-3)6-7-19(27)23-9-8-15-13-32-22-24-21(25-26(15)22)18-5-4-10-31-18/h4-7,10-13H,8-9H2,1-3H3,(H,23,27)/b7-6+. The molecule has 4 rings (SSSR count). The highest BCUT2D eigenvalue weighted by Crippen LogP contribution is 2.38. The van der Waals surface area contributed by atoms with Crippen LogP contribution in [-0.4, -0.2) is 48.4 Å². The molecule has 32 heavy (non-hydrogen) atoms. The summed E-state index contributed by atoms with van der Waals surface area (Å²) in [6.45, 7) is 0.485. The Morgan fingerprint density at radius 2 is 1.94 bits per heavy atom. The Bertz CT molecular complexity index is 1220. The molecular formula is C22H22N4O4S2. The van der Waals surface area contributed by atoms with Crippen molar-refractivity contribution in [3.63, 3.8) is 0 Å². The highest BCUT2D eigenvalue weighted by molar-refractivity contribution is 7.15. The maximum atomic E-state index is 12.3. The summed E-state index contributed by atoms with van der Waals surface area (Å²) in [4.78, 5) is 18.7. The van der Waals surface area contributed by atoms with Gasteiger partial charge >= 0.3 is 0 Å². The van der Waals surface area contributed by atoms with E-state index in [-0.39, 0.29) is 5.91 Å². The summed E-state index contributed by atoms with van der Waals surface area (Å²) in [6.07, 6.45) is 3.83. The zero-order valence-corrected chi connectivity index (χ0v) is 19.5. The fraction of sp³-hybridized carbons (Fsp3) is 0.227. The lowest BCUT2D eigenvalue weighted by Crippen LogP contribution is -2.23. The van der Waals surface area contributed by atoms with Gasteiger partial charge in [0.25, 0.3) is 0 Å². The van der Waals surface area contributed by atoms with Crippen molar-refractivity contribution in [2.24, 2.45) is 0 Å². The average molecular weight is 471 g/mol. The van der Waals surface area contributed by atoms with Crippen molar-refractivity contribution in [2.75, 3.05) is 27.9 Å². The molecule has 0 aliphatic carbocycles. The SMILES string of the molecule is COc1cc(/C=C/C(=O)NCCc2csc3nc(-c4cccs4)nn23)cc(OC)c1OC. The Kier molecular flexibility index (Phi) is 6.72. The highest BCUT2D eigenvalue weighted by Gasteiger charge is 2.13. The molecule has 8 nitrogen and oxygen atoms in total. The van der Waals surface area contributed by atoms with Crippen LogP contribution >= 0.6 is 22.7 Å². The second-order valence-corrected chi connectivity index (χ2v) is 8.45. The van der Waals surface area contributed by atoms with Crippen LogP contribution in [0.3, 0.4) is 0 Å². The van der Waals surface area contributed by atoms with Crippen LogP contribution in [0.2, 0.25) is 0 Å². The lowest BCUT2D eigenvalue weighted by Gasteiger charge is -2.12. The van der Waals surface area contributed by atoms with Crippen LogP contribution in [0.25, 0.3) is 21.7 Å². The Labute approximate surface area is 193 Å². The molecule has 0 aliphatic heterocycles. The van der Waals surface area contributed by atoms with Crippen molar-refractivity contribution in [3.05, 3.63) is 52.4 Å². The van der Waals surface area contributed by atoms with E-state index in [0.717, 1.165) is 26.9 Å². The van der Waals surface area contributed by atoms with Crippen molar-refractivity contribution in [3.8, 4) is 28.0 Å². The van der Waals surface area contributed by atoms with Gasteiger partial charge in [0.15, 0.2) is 17.3 Å². The van der Waals surface area contributed by atoms with Gasteiger partial charge in [-0.15, -0.1) is 27.8 Å². The zero-order chi connectivity index (χ0) is 22.5. The Balaban J connectivity index is 1.37. The summed E-state index contributed by atoms with van der Waals surface area (Å²) in [5.41, 5.74) is 1.77. The number of rotatable bonds is 9. The van der Waals surface area contributed by atoms with Crippen LogP contribution in [0.15, 0.2) is 41.1 Å². The van der Waals surface area contributed by atoms with Gasteiger partial charge in [-0.1, -0.05) is 6.07 Å². The van der Waals surface area contributed by atoms with E-state index in [1.165, 1.54) is 6.08 Å². The van der Waals surface area contributed by atoms with Crippen LogP contribution in [0.1, 0.15) is 11.3 Å². The van der Waals surface area contributed by atoms with Crippen LogP contribution in [0.4, 0.5) is 0 Å². The zero-order valence-electron chi connectivity index (χ0n) is 17.8. The van der Waals surface area contributed by atoms with E-state index < -0.39 is 0 Å². The third kappa shape index (κ3) is 4.61. The smallest absolute Gasteiger partial charge is 0.244 e. The second kappa shape index (κ2) is 9.84. The molecule has 3 heterocycles. The average Bonchev–Trinajstić information content (AvgIpc) is 3.55. The largest absolute Gasteiger partial charge is 0.493 e. The third-order valence-corrected chi connectivity index (χ3v) is 6.42. The maximum absolute atomic E-state index is 12.3. The molecule has 0 bridgehead atoms. The number of hydrogen-bond donors (Lipinski definition) is 1. The Morgan fingerprint density at radius 3 is 2.59 bits per heavy atom. The first-order valence-electron chi connectivity index (χ1n) is 9.76. The van der Waals surface area contributed by atoms with Crippen LogP contribution in [0.5, 0.6) is 17.2 Å². The molecule has 4 aromatic rings. The van der Waals surface area contributed by atoms with Gasteiger partial charge in [-0.05, 0) is 35.2 Å². The van der Waals surface area contributed by atoms with E-state index in [0.29, 0.717) is 30.2 Å². The molecular weight excluding hydrogens is 448 g/mol. The minimum atomic E-state index is -0.192. The number of nitrogens with one attached hydrogen (secondary N) is 1. The molecule has 0 unspecified atom stereocenters. The number of benzene rings is 1. The summed E-state index contributed by atoms with van der Waals surface area (Å²) >= 11 is 3.15. The third-order valence-electron chi connectivity index (χ3n) is 4.69. The van der Waals surface area contributed by atoms with Crippen molar-refractivity contribution in [2.45, 2.75) is 6.42 Å². The number of fused-ring (bicyclic) bond motifs is 1. The summed E-state index contributed by atoms with van der Waals surface area (Å²) in [6, 6.07) is 7.55. The molecule has 0 atom stereocenters. The molecule has 3 aromatic heterocycles. The second-order valence-electron chi connectivity index (χ2n) is 6.67. The highest BCUT2D eigenvalue weighted by atomic mass is 32.1. The van der Waals surface area contributed by atoms with Crippen molar-refractivity contribution >= 4 is 39.6 Å². The summed E-state index contributed by atoms with van der Waals surface area (Å²) in [5, 5.41) is 11.5. The van der Waals surface area contributed by atoms with Crippen LogP contribution in [-0.2, 0) is 11.2 Å². The fourth-order valence-corrected chi connectivity index (χ4v) is 4.66. The van der Waals surface area contributed by atoms with Crippen LogP contribution in [0, 0.1) is 0 Å². The van der Waals surface area contributed by atoms with Gasteiger partial charge in [-0.3, -0.25) is 4.79 Å². The number of carbonyl (C=O) groups excluding carboxylic acids is 1. The summed E-state index contributed by atoms with van der Waals surface area (Å²) in [7, 11) is 4.65. The lowest BCUT2D eigenvalue weighted by atomic mass is 10.1. The first kappa shape index (κ1) is 21.8. The molecule has 1 amide bonds. The van der Waals surface area contributed by atoms with Gasteiger partial charge < -0.3 is 19.5 Å². The number of ether oxygens (including phenoxy) is 3. The topological polar surface area (TPSA) is 87.0 Å². The van der Waals surface area contributed by atoms with Gasteiger partial charge in [0.05, 0.1) is 31.9 Å². The molecule has 0 saturated carbocycles. The lowest BCUT2D eigenvalue weighted by molar-refractivity contribution is -0.116. The van der Waals surface area contributed by atoms with Gasteiger partial charge in [-0.2, -0.15) is 4.98 Å². The molecule has 166 valence electrons. The quantitative estimate of drug-likeness (QED) is 0.373. The molecule has 0 aliphatic rings. The number of methoxy groups -OCH3 is 3. The Morgan fingerprint density at radius 1 is 1.16 bits per heavy atom. The van der Waals surface area contributed by atoms with E-state index in [2.05, 4.69) is 15.4 Å². The number of nitrogens with zero attached hydrogens (tertiary/aromatic N) is 3. The monoisotopic (exact) mass is 470 g/mol. The maximum Gasteiger partial charge on any atom is 0.244 e. The van der Waals surface area contributed by atoms with Gasteiger partial charge in [0.1, 0.15) is 0 Å². The molecule has 0 radical (unpaired) electrons. The first-order valence-corrected chi connectivity index (χ1v) is 11.5. The Hall–Kier alpha value is -3.37. The van der Waals surface area contributed by atoms with E-state index in [9.17, 15) is 4.79 Å². The molecule has 1 aromatic carbocycles. The number of carbonyl (C=O) groups is 1. The molecule has 0 fully saturated rings. The number of aromatic nitrogens is 3. The number of hydrogen-bond acceptors (Lipinski definition) is 8. The minimum absolute atomic E-state index is 0.192. The summed E-state index contributed by atoms with van der Waals surface area (Å²) in [5.74, 6) is 2.11. The van der Waals surface area contributed by atoms with E-state index >= 15 is 0 Å². The fourth-order valence-electron chi connectivity index (χ4n) is 3.15. The van der Waals surface area contributed by atoms with Gasteiger partial charge in [-0.25, -0.2) is 4.52 Å². The van der Waals surface area contributed by atoms with Crippen molar-refractivity contribution in [1.29, 1.82) is 0 Å². The molecule has 0 saturated heterocycles. The predicted molar refractivity (Wildman–Crippen MR) is 126 cm³/mol. The first-order chi connectivity index (χ1) is 15.6. The number of thiophene rings is 1. The van der Waals surface area contributed by atoms with Crippen molar-refractivity contribution < 1.29 is 19.0 Å². The molecule has 0 spiro atoms. The number of amides is 1. The number of thiazole rings is 1.